The first-order valence-corrected chi connectivity index (χ1v) is 12.3. The van der Waals surface area contributed by atoms with Gasteiger partial charge < -0.3 is 5.32 Å². The summed E-state index contributed by atoms with van der Waals surface area (Å²) in [7, 11) is 0. The minimum atomic E-state index is -0.411. The van der Waals surface area contributed by atoms with E-state index in [0.717, 1.165) is 37.8 Å². The number of nitrogens with zero attached hydrogens (tertiary/aromatic N) is 5. The van der Waals surface area contributed by atoms with E-state index >= 15 is 0 Å². The average Bonchev–Trinajstić information content (AvgIpc) is 3.34. The highest BCUT2D eigenvalue weighted by Gasteiger charge is 2.61. The van der Waals surface area contributed by atoms with E-state index < -0.39 is 5.41 Å². The molecule has 4 bridgehead atoms. The van der Waals surface area contributed by atoms with Gasteiger partial charge in [0.2, 0.25) is 10.6 Å². The van der Waals surface area contributed by atoms with Gasteiger partial charge in [-0.1, -0.05) is 18.2 Å². The highest BCUT2D eigenvalue weighted by molar-refractivity contribution is 9.10. The predicted molar refractivity (Wildman–Crippen MR) is 124 cm³/mol. The predicted octanol–water partition coefficient (Wildman–Crippen LogP) is 4.67. The van der Waals surface area contributed by atoms with Crippen molar-refractivity contribution in [1.29, 1.82) is 0 Å². The number of amides is 1. The van der Waals surface area contributed by atoms with Crippen LogP contribution in [0.4, 0.5) is 10.2 Å². The van der Waals surface area contributed by atoms with Crippen molar-refractivity contribution in [3.05, 3.63) is 58.5 Å². The molecule has 9 heteroatoms. The van der Waals surface area contributed by atoms with Crippen molar-refractivity contribution in [2.24, 2.45) is 17.3 Å². The fourth-order valence-electron chi connectivity index (χ4n) is 6.99. The molecule has 0 saturated heterocycles. The molecule has 33 heavy (non-hydrogen) atoms. The molecule has 3 aromatic rings. The Labute approximate surface area is 199 Å². The molecule has 4 saturated carbocycles. The van der Waals surface area contributed by atoms with Crippen LogP contribution in [0.15, 0.2) is 41.4 Å². The fraction of sp³-hybridized carbons (Fsp3) is 0.500. The first-order chi connectivity index (χ1) is 15.8. The molecular weight excluding hydrogens is 487 g/mol. The average molecular weight is 513 g/mol. The molecule has 2 atom stereocenters. The van der Waals surface area contributed by atoms with Crippen LogP contribution in [-0.4, -0.2) is 30.5 Å². The topological polar surface area (TPSA) is 77.6 Å². The number of benzene rings is 1. The molecule has 0 aliphatic heterocycles. The van der Waals surface area contributed by atoms with E-state index in [1.165, 1.54) is 12.5 Å². The minimum absolute atomic E-state index is 0.0516. The Kier molecular flexibility index (Phi) is 4.76. The van der Waals surface area contributed by atoms with Crippen LogP contribution in [0.5, 0.6) is 0 Å². The number of aromatic nitrogens is 5. The van der Waals surface area contributed by atoms with Crippen molar-refractivity contribution >= 4 is 27.7 Å². The van der Waals surface area contributed by atoms with Crippen molar-refractivity contribution in [1.82, 2.24) is 24.5 Å². The van der Waals surface area contributed by atoms with Gasteiger partial charge >= 0.3 is 0 Å². The number of rotatable bonds is 5. The zero-order valence-corrected chi connectivity index (χ0v) is 20.1. The molecule has 7 nitrogen and oxygen atoms in total. The van der Waals surface area contributed by atoms with Crippen LogP contribution >= 0.6 is 15.9 Å². The second kappa shape index (κ2) is 7.48. The summed E-state index contributed by atoms with van der Waals surface area (Å²) in [4.78, 5) is 18.0. The first-order valence-electron chi connectivity index (χ1n) is 11.5. The minimum Gasteiger partial charge on any atom is -0.309 e. The van der Waals surface area contributed by atoms with Crippen molar-refractivity contribution in [2.75, 3.05) is 5.32 Å². The van der Waals surface area contributed by atoms with Crippen molar-refractivity contribution < 1.29 is 9.18 Å². The van der Waals surface area contributed by atoms with Gasteiger partial charge in [-0.3, -0.25) is 9.48 Å². The van der Waals surface area contributed by atoms with E-state index in [0.29, 0.717) is 34.5 Å². The lowest BCUT2D eigenvalue weighted by Crippen LogP contribution is -2.60. The molecule has 1 amide bonds. The Morgan fingerprint density at radius 1 is 1.21 bits per heavy atom. The summed E-state index contributed by atoms with van der Waals surface area (Å²) in [6, 6.07) is 8.57. The van der Waals surface area contributed by atoms with Crippen LogP contribution in [-0.2, 0) is 16.9 Å². The van der Waals surface area contributed by atoms with E-state index in [9.17, 15) is 9.18 Å². The standard InChI is InChI=1S/C24H26BrFN6O/c1-15-6-20(29-31(15)12-18-4-2-3-5-19(18)26)28-21(33)23-8-16-7-17(9-23)11-24(10-16,13-23)32-14-27-22(25)30-32/h2-6,14,16-17H,7-13H2,1H3,(H,28,29,33). The van der Waals surface area contributed by atoms with Gasteiger partial charge in [-0.15, -0.1) is 5.10 Å². The third-order valence-corrected chi connectivity index (χ3v) is 8.33. The van der Waals surface area contributed by atoms with Gasteiger partial charge in [0.15, 0.2) is 5.82 Å². The summed E-state index contributed by atoms with van der Waals surface area (Å²) < 4.78 is 18.4. The molecule has 172 valence electrons. The van der Waals surface area contributed by atoms with Gasteiger partial charge in [0.25, 0.3) is 0 Å². The Morgan fingerprint density at radius 3 is 2.67 bits per heavy atom. The quantitative estimate of drug-likeness (QED) is 0.538. The first kappa shape index (κ1) is 21.0. The number of anilines is 1. The summed E-state index contributed by atoms with van der Waals surface area (Å²) in [5, 5.41) is 12.3. The molecule has 2 aromatic heterocycles. The van der Waals surface area contributed by atoms with Gasteiger partial charge in [0.1, 0.15) is 12.1 Å². The maximum atomic E-state index is 14.1. The summed E-state index contributed by atoms with van der Waals surface area (Å²) in [6.45, 7) is 2.25. The highest BCUT2D eigenvalue weighted by Crippen LogP contribution is 2.64. The molecule has 0 spiro atoms. The van der Waals surface area contributed by atoms with Crippen LogP contribution in [0.1, 0.15) is 49.8 Å². The molecule has 4 aliphatic carbocycles. The van der Waals surface area contributed by atoms with Gasteiger partial charge in [0.05, 0.1) is 17.5 Å². The monoisotopic (exact) mass is 512 g/mol. The second-order valence-electron chi connectivity index (χ2n) is 10.3. The molecule has 0 radical (unpaired) electrons. The van der Waals surface area contributed by atoms with Crippen LogP contribution in [0, 0.1) is 30.0 Å². The summed E-state index contributed by atoms with van der Waals surface area (Å²) in [5.74, 6) is 1.38. The summed E-state index contributed by atoms with van der Waals surface area (Å²) in [6.07, 6.45) is 7.74. The maximum absolute atomic E-state index is 14.1. The number of halogens is 2. The molecular formula is C24H26BrFN6O. The number of hydrogen-bond acceptors (Lipinski definition) is 4. The normalized spacial score (nSPS) is 30.0. The zero-order chi connectivity index (χ0) is 22.8. The Hall–Kier alpha value is -2.55. The molecule has 2 unspecified atom stereocenters. The van der Waals surface area contributed by atoms with Crippen molar-refractivity contribution in [2.45, 2.75) is 57.5 Å². The number of carbonyl (C=O) groups excluding carboxylic acids is 1. The lowest BCUT2D eigenvalue weighted by Gasteiger charge is -2.60. The van der Waals surface area contributed by atoms with Gasteiger partial charge in [-0.2, -0.15) is 5.10 Å². The largest absolute Gasteiger partial charge is 0.309 e. The van der Waals surface area contributed by atoms with Gasteiger partial charge in [-0.05, 0) is 79.3 Å². The summed E-state index contributed by atoms with van der Waals surface area (Å²) >= 11 is 3.38. The Balaban J connectivity index is 1.25. The lowest BCUT2D eigenvalue weighted by molar-refractivity contribution is -0.150. The van der Waals surface area contributed by atoms with Crippen LogP contribution in [0.2, 0.25) is 0 Å². The highest BCUT2D eigenvalue weighted by atomic mass is 79.9. The SMILES string of the molecule is Cc1cc(NC(=O)C23CC4CC(C2)CC(n2cnc(Br)n2)(C4)C3)nn1Cc1ccccc1F. The molecule has 1 aromatic carbocycles. The number of carbonyl (C=O) groups is 1. The van der Waals surface area contributed by atoms with Crippen molar-refractivity contribution in [3.8, 4) is 0 Å². The Morgan fingerprint density at radius 2 is 1.97 bits per heavy atom. The van der Waals surface area contributed by atoms with E-state index in [1.807, 2.05) is 23.7 Å². The smallest absolute Gasteiger partial charge is 0.231 e. The van der Waals surface area contributed by atoms with Crippen LogP contribution in [0.3, 0.4) is 0 Å². The van der Waals surface area contributed by atoms with Gasteiger partial charge in [-0.25, -0.2) is 14.1 Å². The third-order valence-electron chi connectivity index (χ3n) is 7.96. The Bertz CT molecular complexity index is 1220. The second-order valence-corrected chi connectivity index (χ2v) is 11.0. The van der Waals surface area contributed by atoms with Crippen molar-refractivity contribution in [3.63, 3.8) is 0 Å². The third kappa shape index (κ3) is 3.52. The maximum Gasteiger partial charge on any atom is 0.231 e. The van der Waals surface area contributed by atoms with Crippen LogP contribution in [0.25, 0.3) is 0 Å². The summed E-state index contributed by atoms with van der Waals surface area (Å²) in [5.41, 5.74) is 0.901. The number of nitrogens with one attached hydrogen (secondary N) is 1. The molecule has 1 N–H and O–H groups in total. The van der Waals surface area contributed by atoms with E-state index in [2.05, 4.69) is 36.4 Å². The van der Waals surface area contributed by atoms with Crippen LogP contribution < -0.4 is 5.32 Å². The van der Waals surface area contributed by atoms with E-state index in [-0.39, 0.29) is 17.3 Å². The molecule has 7 rings (SSSR count). The number of hydrogen-bond donors (Lipinski definition) is 1. The molecule has 4 aliphatic rings. The van der Waals surface area contributed by atoms with E-state index in [4.69, 9.17) is 0 Å². The number of aryl methyl sites for hydroxylation is 1. The zero-order valence-electron chi connectivity index (χ0n) is 18.5. The molecule has 4 fully saturated rings. The lowest BCUT2D eigenvalue weighted by atomic mass is 9.46. The van der Waals surface area contributed by atoms with Gasteiger partial charge in [0, 0.05) is 17.3 Å². The molecule has 2 heterocycles. The fourth-order valence-corrected chi connectivity index (χ4v) is 7.25. The van der Waals surface area contributed by atoms with E-state index in [1.54, 1.807) is 23.1 Å².